The minimum Gasteiger partial charge on any atom is -0.389 e. The van der Waals surface area contributed by atoms with Crippen molar-refractivity contribution < 1.29 is 24.1 Å². The van der Waals surface area contributed by atoms with E-state index in [9.17, 15) is 14.6 Å². The lowest BCUT2D eigenvalue weighted by Gasteiger charge is -2.44. The lowest BCUT2D eigenvalue weighted by molar-refractivity contribution is -0.256. The van der Waals surface area contributed by atoms with Crippen LogP contribution in [0, 0.1) is 0 Å². The molecule has 0 aromatic rings. The Balaban J connectivity index is 2.01. The van der Waals surface area contributed by atoms with E-state index in [-0.39, 0.29) is 0 Å². The van der Waals surface area contributed by atoms with Crippen molar-refractivity contribution in [2.75, 3.05) is 6.67 Å². The van der Waals surface area contributed by atoms with Gasteiger partial charge in [0.2, 0.25) is 0 Å². The normalized spacial score (nSPS) is 48.1. The standard InChI is InChI=1S/C13H27FN4O4/c14-4-8(18)9-2-1-5(15)13(21-9)22-12-7(17)3-6(16)10(19)11(12)20/h5-13,19-20H,1-4,15-18H2. The maximum atomic E-state index is 12.7. The molecule has 10 N–H and O–H groups in total. The molecule has 0 aromatic carbocycles. The second kappa shape index (κ2) is 7.45. The van der Waals surface area contributed by atoms with Gasteiger partial charge in [0, 0.05) is 12.1 Å². The van der Waals surface area contributed by atoms with Crippen LogP contribution in [0.1, 0.15) is 19.3 Å². The van der Waals surface area contributed by atoms with Gasteiger partial charge in [-0.2, -0.15) is 0 Å². The molecule has 9 unspecified atom stereocenters. The second-order valence-corrected chi connectivity index (χ2v) is 6.25. The monoisotopic (exact) mass is 322 g/mol. The molecule has 0 spiro atoms. The minimum atomic E-state index is -1.23. The van der Waals surface area contributed by atoms with Crippen LogP contribution in [0.15, 0.2) is 0 Å². The molecule has 0 amide bonds. The fraction of sp³-hybridized carbons (Fsp3) is 1.00. The summed E-state index contributed by atoms with van der Waals surface area (Å²) >= 11 is 0. The number of ether oxygens (including phenoxy) is 2. The summed E-state index contributed by atoms with van der Waals surface area (Å²) in [5.74, 6) is 0. The van der Waals surface area contributed by atoms with Crippen LogP contribution in [0.25, 0.3) is 0 Å². The van der Waals surface area contributed by atoms with Crippen molar-refractivity contribution in [3.8, 4) is 0 Å². The molecule has 2 aliphatic rings. The minimum absolute atomic E-state index is 0.304. The maximum absolute atomic E-state index is 12.7. The molecule has 0 bridgehead atoms. The van der Waals surface area contributed by atoms with E-state index in [0.29, 0.717) is 19.3 Å². The summed E-state index contributed by atoms with van der Waals surface area (Å²) in [4.78, 5) is 0. The average molecular weight is 322 g/mol. The molecule has 9 heteroatoms. The van der Waals surface area contributed by atoms with Crippen molar-refractivity contribution in [3.05, 3.63) is 0 Å². The van der Waals surface area contributed by atoms with Gasteiger partial charge in [0.1, 0.15) is 18.9 Å². The molecule has 0 radical (unpaired) electrons. The summed E-state index contributed by atoms with van der Waals surface area (Å²) in [6, 6.07) is -2.35. The summed E-state index contributed by atoms with van der Waals surface area (Å²) in [5, 5.41) is 20.0. The Morgan fingerprint density at radius 1 is 1.09 bits per heavy atom. The molecule has 1 heterocycles. The predicted octanol–water partition coefficient (Wildman–Crippen LogP) is -2.72. The van der Waals surface area contributed by atoms with Crippen LogP contribution in [0.4, 0.5) is 4.39 Å². The van der Waals surface area contributed by atoms with Gasteiger partial charge >= 0.3 is 0 Å². The summed E-state index contributed by atoms with van der Waals surface area (Å²) in [7, 11) is 0. The molecule has 1 saturated heterocycles. The number of hydrogen-bond acceptors (Lipinski definition) is 8. The molecule has 2 fully saturated rings. The molecular formula is C13H27FN4O4. The lowest BCUT2D eigenvalue weighted by atomic mass is 9.84. The zero-order valence-corrected chi connectivity index (χ0v) is 12.4. The smallest absolute Gasteiger partial charge is 0.173 e. The maximum Gasteiger partial charge on any atom is 0.173 e. The third-order valence-corrected chi connectivity index (χ3v) is 4.48. The van der Waals surface area contributed by atoms with Crippen LogP contribution in [-0.4, -0.2) is 71.8 Å². The van der Waals surface area contributed by atoms with Crippen LogP contribution < -0.4 is 22.9 Å². The molecule has 0 aromatic heterocycles. The third-order valence-electron chi connectivity index (χ3n) is 4.48. The number of alkyl halides is 1. The van der Waals surface area contributed by atoms with E-state index in [4.69, 9.17) is 32.4 Å². The summed E-state index contributed by atoms with van der Waals surface area (Å²) < 4.78 is 24.0. The van der Waals surface area contributed by atoms with E-state index in [1.807, 2.05) is 0 Å². The predicted molar refractivity (Wildman–Crippen MR) is 77.3 cm³/mol. The summed E-state index contributed by atoms with van der Waals surface area (Å²) in [6.45, 7) is -0.703. The van der Waals surface area contributed by atoms with Crippen LogP contribution in [-0.2, 0) is 9.47 Å². The molecule has 2 rings (SSSR count). The van der Waals surface area contributed by atoms with Crippen molar-refractivity contribution in [3.63, 3.8) is 0 Å². The molecule has 1 saturated carbocycles. The summed E-state index contributed by atoms with van der Waals surface area (Å²) in [6.07, 6.45) is -3.17. The molecule has 22 heavy (non-hydrogen) atoms. The first kappa shape index (κ1) is 18.0. The highest BCUT2D eigenvalue weighted by Gasteiger charge is 2.44. The van der Waals surface area contributed by atoms with Gasteiger partial charge < -0.3 is 42.6 Å². The fourth-order valence-corrected chi connectivity index (χ4v) is 3.01. The van der Waals surface area contributed by atoms with Crippen molar-refractivity contribution in [1.82, 2.24) is 0 Å². The SMILES string of the molecule is NC(CF)C1CCC(N)C(OC2C(N)CC(N)C(O)C2O)O1. The Bertz CT molecular complexity index is 367. The van der Waals surface area contributed by atoms with Gasteiger partial charge in [-0.05, 0) is 19.3 Å². The topological polar surface area (TPSA) is 163 Å². The average Bonchev–Trinajstić information content (AvgIpc) is 2.50. The van der Waals surface area contributed by atoms with E-state index in [1.54, 1.807) is 0 Å². The largest absolute Gasteiger partial charge is 0.389 e. The van der Waals surface area contributed by atoms with Gasteiger partial charge in [-0.25, -0.2) is 4.39 Å². The lowest BCUT2D eigenvalue weighted by Crippen LogP contribution is -2.64. The first-order valence-corrected chi connectivity index (χ1v) is 7.60. The van der Waals surface area contributed by atoms with Crippen molar-refractivity contribution in [2.45, 2.75) is 74.1 Å². The first-order chi connectivity index (χ1) is 10.3. The quantitative estimate of drug-likeness (QED) is 0.325. The summed E-state index contributed by atoms with van der Waals surface area (Å²) in [5.41, 5.74) is 23.3. The number of halogens is 1. The molecule has 130 valence electrons. The number of hydrogen-bond donors (Lipinski definition) is 6. The van der Waals surface area contributed by atoms with Gasteiger partial charge in [-0.1, -0.05) is 0 Å². The highest BCUT2D eigenvalue weighted by atomic mass is 19.1. The zero-order chi connectivity index (χ0) is 16.4. The van der Waals surface area contributed by atoms with E-state index in [0.717, 1.165) is 0 Å². The Morgan fingerprint density at radius 2 is 1.77 bits per heavy atom. The van der Waals surface area contributed by atoms with Crippen molar-refractivity contribution in [2.24, 2.45) is 22.9 Å². The van der Waals surface area contributed by atoms with Crippen LogP contribution in [0.3, 0.4) is 0 Å². The van der Waals surface area contributed by atoms with E-state index in [2.05, 4.69) is 0 Å². The Kier molecular flexibility index (Phi) is 6.08. The van der Waals surface area contributed by atoms with Gasteiger partial charge in [0.15, 0.2) is 6.29 Å². The van der Waals surface area contributed by atoms with Crippen LogP contribution >= 0.6 is 0 Å². The highest BCUT2D eigenvalue weighted by Crippen LogP contribution is 2.27. The Hall–Kier alpha value is -0.390. The van der Waals surface area contributed by atoms with Crippen molar-refractivity contribution >= 4 is 0 Å². The molecule has 1 aliphatic heterocycles. The molecule has 9 atom stereocenters. The molecule has 1 aliphatic carbocycles. The number of nitrogens with two attached hydrogens (primary N) is 4. The van der Waals surface area contributed by atoms with E-state index >= 15 is 0 Å². The van der Waals surface area contributed by atoms with Gasteiger partial charge in [0.25, 0.3) is 0 Å². The number of aliphatic hydroxyl groups excluding tert-OH is 2. The fourth-order valence-electron chi connectivity index (χ4n) is 3.01. The molecular weight excluding hydrogens is 295 g/mol. The van der Waals surface area contributed by atoms with Crippen molar-refractivity contribution in [1.29, 1.82) is 0 Å². The Labute approximate surface area is 128 Å². The highest BCUT2D eigenvalue weighted by molar-refractivity contribution is 4.98. The van der Waals surface area contributed by atoms with E-state index in [1.165, 1.54) is 0 Å². The Morgan fingerprint density at radius 3 is 2.41 bits per heavy atom. The van der Waals surface area contributed by atoms with E-state index < -0.39 is 61.5 Å². The number of aliphatic hydroxyl groups is 2. The zero-order valence-electron chi connectivity index (χ0n) is 12.4. The third kappa shape index (κ3) is 3.74. The van der Waals surface area contributed by atoms with Gasteiger partial charge in [0.05, 0.1) is 24.3 Å². The second-order valence-electron chi connectivity index (χ2n) is 6.25. The number of rotatable bonds is 4. The van der Waals surface area contributed by atoms with Crippen LogP contribution in [0.2, 0.25) is 0 Å². The van der Waals surface area contributed by atoms with Crippen LogP contribution in [0.5, 0.6) is 0 Å². The first-order valence-electron chi connectivity index (χ1n) is 7.60. The molecule has 8 nitrogen and oxygen atoms in total. The van der Waals surface area contributed by atoms with Gasteiger partial charge in [-0.3, -0.25) is 0 Å². The van der Waals surface area contributed by atoms with Gasteiger partial charge in [-0.15, -0.1) is 0 Å².